The normalized spacial score (nSPS) is 35.6. The van der Waals surface area contributed by atoms with Crippen LogP contribution in [-0.4, -0.2) is 29.8 Å². The van der Waals surface area contributed by atoms with Crippen molar-refractivity contribution >= 4 is 5.91 Å². The highest BCUT2D eigenvalue weighted by atomic mass is 19.4. The summed E-state index contributed by atoms with van der Waals surface area (Å²) >= 11 is 0. The number of rotatable bonds is 3. The summed E-state index contributed by atoms with van der Waals surface area (Å²) in [5.41, 5.74) is 0. The molecule has 1 amide bonds. The first-order chi connectivity index (χ1) is 8.86. The third-order valence-electron chi connectivity index (χ3n) is 4.34. The first-order valence-corrected chi connectivity index (χ1v) is 6.88. The maximum absolute atomic E-state index is 12.5. The van der Waals surface area contributed by atoms with E-state index in [1.54, 1.807) is 0 Å². The fourth-order valence-corrected chi connectivity index (χ4v) is 2.94. The Morgan fingerprint density at radius 2 is 1.74 bits per heavy atom. The van der Waals surface area contributed by atoms with Crippen LogP contribution in [0.15, 0.2) is 0 Å². The van der Waals surface area contributed by atoms with E-state index < -0.39 is 12.1 Å². The standard InChI is InChI=1S/C13H20F3NO2/c14-13(15,16)10-3-1-9(2-4-10)12(19)17-7-8-5-11(18)6-8/h8-11,18H,1-7H2,(H,17,19). The molecular weight excluding hydrogens is 259 g/mol. The molecule has 0 bridgehead atoms. The number of amides is 1. The van der Waals surface area contributed by atoms with Crippen molar-refractivity contribution in [2.75, 3.05) is 6.54 Å². The van der Waals surface area contributed by atoms with Crippen LogP contribution in [0.1, 0.15) is 38.5 Å². The summed E-state index contributed by atoms with van der Waals surface area (Å²) in [6.45, 7) is 0.537. The van der Waals surface area contributed by atoms with Gasteiger partial charge < -0.3 is 10.4 Å². The summed E-state index contributed by atoms with van der Waals surface area (Å²) in [5, 5.41) is 11.9. The fourth-order valence-electron chi connectivity index (χ4n) is 2.94. The van der Waals surface area contributed by atoms with E-state index in [-0.39, 0.29) is 30.8 Å². The Morgan fingerprint density at radius 1 is 1.16 bits per heavy atom. The van der Waals surface area contributed by atoms with Crippen molar-refractivity contribution in [2.24, 2.45) is 17.8 Å². The van der Waals surface area contributed by atoms with E-state index in [1.807, 2.05) is 0 Å². The fraction of sp³-hybridized carbons (Fsp3) is 0.923. The van der Waals surface area contributed by atoms with Gasteiger partial charge in [0.25, 0.3) is 0 Å². The van der Waals surface area contributed by atoms with Crippen LogP contribution in [0.5, 0.6) is 0 Å². The van der Waals surface area contributed by atoms with Crippen LogP contribution in [0.4, 0.5) is 13.2 Å². The number of alkyl halides is 3. The van der Waals surface area contributed by atoms with Gasteiger partial charge in [-0.25, -0.2) is 0 Å². The molecule has 0 aromatic rings. The molecule has 2 aliphatic rings. The number of hydrogen-bond donors (Lipinski definition) is 2. The highest BCUT2D eigenvalue weighted by molar-refractivity contribution is 5.78. The Bertz CT molecular complexity index is 318. The number of hydrogen-bond acceptors (Lipinski definition) is 2. The molecule has 0 unspecified atom stereocenters. The zero-order valence-electron chi connectivity index (χ0n) is 10.7. The lowest BCUT2D eigenvalue weighted by molar-refractivity contribution is -0.184. The first-order valence-electron chi connectivity index (χ1n) is 6.88. The highest BCUT2D eigenvalue weighted by Gasteiger charge is 2.42. The third kappa shape index (κ3) is 3.84. The molecule has 2 N–H and O–H groups in total. The lowest BCUT2D eigenvalue weighted by Crippen LogP contribution is -2.41. The maximum Gasteiger partial charge on any atom is 0.391 e. The van der Waals surface area contributed by atoms with Crippen LogP contribution in [-0.2, 0) is 4.79 Å². The van der Waals surface area contributed by atoms with Gasteiger partial charge in [0.15, 0.2) is 0 Å². The molecule has 2 saturated carbocycles. The van der Waals surface area contributed by atoms with Crippen molar-refractivity contribution < 1.29 is 23.1 Å². The van der Waals surface area contributed by atoms with Gasteiger partial charge in [-0.3, -0.25) is 4.79 Å². The Morgan fingerprint density at radius 3 is 2.21 bits per heavy atom. The van der Waals surface area contributed by atoms with Crippen molar-refractivity contribution in [3.8, 4) is 0 Å². The minimum absolute atomic E-state index is 0.0593. The molecule has 110 valence electrons. The molecule has 0 radical (unpaired) electrons. The Labute approximate surface area is 110 Å². The lowest BCUT2D eigenvalue weighted by Gasteiger charge is -2.33. The Hall–Kier alpha value is -0.780. The molecule has 19 heavy (non-hydrogen) atoms. The topological polar surface area (TPSA) is 49.3 Å². The van der Waals surface area contributed by atoms with Gasteiger partial charge in [-0.15, -0.1) is 0 Å². The summed E-state index contributed by atoms with van der Waals surface area (Å²) < 4.78 is 37.5. The van der Waals surface area contributed by atoms with Crippen LogP contribution in [0.2, 0.25) is 0 Å². The van der Waals surface area contributed by atoms with E-state index in [4.69, 9.17) is 5.11 Å². The summed E-state index contributed by atoms with van der Waals surface area (Å²) in [4.78, 5) is 11.8. The molecule has 2 fully saturated rings. The molecule has 0 aromatic heterocycles. The Kier molecular flexibility index (Phi) is 4.38. The number of halogens is 3. The molecule has 6 heteroatoms. The van der Waals surface area contributed by atoms with E-state index >= 15 is 0 Å². The van der Waals surface area contributed by atoms with Crippen molar-refractivity contribution in [1.29, 1.82) is 0 Å². The maximum atomic E-state index is 12.5. The minimum Gasteiger partial charge on any atom is -0.393 e. The molecule has 0 aromatic carbocycles. The van der Waals surface area contributed by atoms with E-state index in [1.165, 1.54) is 0 Å². The predicted molar refractivity (Wildman–Crippen MR) is 63.2 cm³/mol. The monoisotopic (exact) mass is 279 g/mol. The van der Waals surface area contributed by atoms with Gasteiger partial charge in [0.05, 0.1) is 12.0 Å². The second-order valence-electron chi connectivity index (χ2n) is 5.83. The molecule has 3 nitrogen and oxygen atoms in total. The second-order valence-corrected chi connectivity index (χ2v) is 5.83. The zero-order valence-corrected chi connectivity index (χ0v) is 10.7. The number of carbonyl (C=O) groups excluding carboxylic acids is 1. The van der Waals surface area contributed by atoms with Gasteiger partial charge in [-0.05, 0) is 44.4 Å². The SMILES string of the molecule is O=C(NCC1CC(O)C1)C1CCC(C(F)(F)F)CC1. The van der Waals surface area contributed by atoms with Gasteiger partial charge in [0.2, 0.25) is 5.91 Å². The van der Waals surface area contributed by atoms with Gasteiger partial charge in [0, 0.05) is 12.5 Å². The molecule has 0 aliphatic heterocycles. The van der Waals surface area contributed by atoms with Gasteiger partial charge >= 0.3 is 6.18 Å². The number of aliphatic hydroxyl groups is 1. The molecule has 2 rings (SSSR count). The van der Waals surface area contributed by atoms with Crippen LogP contribution in [0.25, 0.3) is 0 Å². The largest absolute Gasteiger partial charge is 0.393 e. The van der Waals surface area contributed by atoms with Crippen LogP contribution >= 0.6 is 0 Å². The zero-order chi connectivity index (χ0) is 14.0. The summed E-state index contributed by atoms with van der Waals surface area (Å²) in [5.74, 6) is -1.31. The predicted octanol–water partition coefficient (Wildman–Crippen LogP) is 2.24. The van der Waals surface area contributed by atoms with Gasteiger partial charge in [-0.1, -0.05) is 0 Å². The minimum atomic E-state index is -4.12. The lowest BCUT2D eigenvalue weighted by atomic mass is 9.80. The number of aliphatic hydroxyl groups excluding tert-OH is 1. The van der Waals surface area contributed by atoms with Crippen molar-refractivity contribution in [3.63, 3.8) is 0 Å². The average Bonchev–Trinajstić information content (AvgIpc) is 2.32. The van der Waals surface area contributed by atoms with E-state index in [0.717, 1.165) is 0 Å². The number of carbonyl (C=O) groups is 1. The first kappa shape index (κ1) is 14.6. The molecule has 0 spiro atoms. The second kappa shape index (κ2) is 5.69. The summed E-state index contributed by atoms with van der Waals surface area (Å²) in [6, 6.07) is 0. The molecular formula is C13H20F3NO2. The van der Waals surface area contributed by atoms with Crippen molar-refractivity contribution in [1.82, 2.24) is 5.32 Å². The van der Waals surface area contributed by atoms with E-state index in [0.29, 0.717) is 38.1 Å². The van der Waals surface area contributed by atoms with E-state index in [9.17, 15) is 18.0 Å². The average molecular weight is 279 g/mol. The number of nitrogens with one attached hydrogen (secondary N) is 1. The van der Waals surface area contributed by atoms with Gasteiger partial charge in [0.1, 0.15) is 0 Å². The molecule has 0 heterocycles. The van der Waals surface area contributed by atoms with Crippen LogP contribution in [0, 0.1) is 17.8 Å². The highest BCUT2D eigenvalue weighted by Crippen LogP contribution is 2.39. The quantitative estimate of drug-likeness (QED) is 0.832. The summed E-state index contributed by atoms with van der Waals surface area (Å²) in [7, 11) is 0. The third-order valence-corrected chi connectivity index (χ3v) is 4.34. The smallest absolute Gasteiger partial charge is 0.391 e. The molecule has 0 atom stereocenters. The molecule has 0 saturated heterocycles. The van der Waals surface area contributed by atoms with Crippen LogP contribution in [0.3, 0.4) is 0 Å². The Balaban J connectivity index is 1.67. The van der Waals surface area contributed by atoms with Gasteiger partial charge in [-0.2, -0.15) is 13.2 Å². The van der Waals surface area contributed by atoms with Crippen molar-refractivity contribution in [2.45, 2.75) is 50.8 Å². The molecule has 2 aliphatic carbocycles. The van der Waals surface area contributed by atoms with Crippen LogP contribution < -0.4 is 5.32 Å². The van der Waals surface area contributed by atoms with Crippen molar-refractivity contribution in [3.05, 3.63) is 0 Å². The summed E-state index contributed by atoms with van der Waals surface area (Å²) in [6.07, 6.45) is -2.18. The van der Waals surface area contributed by atoms with E-state index in [2.05, 4.69) is 5.32 Å².